The number of anilines is 2. The summed E-state index contributed by atoms with van der Waals surface area (Å²) in [6.07, 6.45) is 0.497. The number of rotatable bonds is 5. The predicted molar refractivity (Wildman–Crippen MR) is 119 cm³/mol. The van der Waals surface area contributed by atoms with Crippen LogP contribution in [0.1, 0.15) is 23.0 Å². The molecule has 0 radical (unpaired) electrons. The zero-order valence-electron chi connectivity index (χ0n) is 16.9. The van der Waals surface area contributed by atoms with E-state index in [4.69, 9.17) is 0 Å². The Morgan fingerprint density at radius 3 is 2.40 bits per heavy atom. The van der Waals surface area contributed by atoms with Gasteiger partial charge in [-0.2, -0.15) is 5.10 Å². The van der Waals surface area contributed by atoms with Crippen LogP contribution in [-0.2, 0) is 9.84 Å². The SMILES string of the molecule is CN(C)c1ccc(NC(=O)c2cc(-c3ccccc3)n([C@@H]3CCS(=O)(=O)C3)n2)cc1. The number of carbonyl (C=O) groups excluding carboxylic acids is 1. The number of benzene rings is 2. The van der Waals surface area contributed by atoms with Crippen LogP contribution in [0.15, 0.2) is 60.7 Å². The molecule has 156 valence electrons. The van der Waals surface area contributed by atoms with Crippen molar-refractivity contribution < 1.29 is 13.2 Å². The quantitative estimate of drug-likeness (QED) is 0.680. The second-order valence-electron chi connectivity index (χ2n) is 7.68. The summed E-state index contributed by atoms with van der Waals surface area (Å²) in [7, 11) is 0.827. The van der Waals surface area contributed by atoms with Gasteiger partial charge in [-0.05, 0) is 42.3 Å². The van der Waals surface area contributed by atoms with Crippen molar-refractivity contribution in [2.75, 3.05) is 35.8 Å². The Morgan fingerprint density at radius 2 is 1.80 bits per heavy atom. The highest BCUT2D eigenvalue weighted by atomic mass is 32.2. The smallest absolute Gasteiger partial charge is 0.276 e. The van der Waals surface area contributed by atoms with Crippen LogP contribution in [0, 0.1) is 0 Å². The van der Waals surface area contributed by atoms with Crippen molar-refractivity contribution in [1.82, 2.24) is 9.78 Å². The van der Waals surface area contributed by atoms with Gasteiger partial charge in [0.15, 0.2) is 15.5 Å². The average Bonchev–Trinajstić information content (AvgIpc) is 3.32. The Bertz CT molecular complexity index is 1150. The fourth-order valence-electron chi connectivity index (χ4n) is 3.61. The van der Waals surface area contributed by atoms with Crippen LogP contribution in [-0.4, -0.2) is 49.7 Å². The number of carbonyl (C=O) groups is 1. The highest BCUT2D eigenvalue weighted by Gasteiger charge is 2.32. The molecule has 0 saturated carbocycles. The molecule has 1 aliphatic heterocycles. The van der Waals surface area contributed by atoms with Gasteiger partial charge < -0.3 is 10.2 Å². The summed E-state index contributed by atoms with van der Waals surface area (Å²) < 4.78 is 25.7. The first-order chi connectivity index (χ1) is 14.3. The molecule has 7 nitrogen and oxygen atoms in total. The van der Waals surface area contributed by atoms with Crippen LogP contribution < -0.4 is 10.2 Å². The summed E-state index contributed by atoms with van der Waals surface area (Å²) in [5.74, 6) is -0.142. The number of hydrogen-bond acceptors (Lipinski definition) is 5. The first kappa shape index (κ1) is 20.2. The zero-order valence-corrected chi connectivity index (χ0v) is 17.8. The van der Waals surface area contributed by atoms with Crippen LogP contribution in [0.4, 0.5) is 11.4 Å². The van der Waals surface area contributed by atoms with Gasteiger partial charge in [0.1, 0.15) is 0 Å². The molecule has 1 atom stereocenters. The number of nitrogens with zero attached hydrogens (tertiary/aromatic N) is 3. The normalized spacial score (nSPS) is 17.6. The van der Waals surface area contributed by atoms with Crippen LogP contribution >= 0.6 is 0 Å². The Labute approximate surface area is 176 Å². The Morgan fingerprint density at radius 1 is 1.10 bits per heavy atom. The van der Waals surface area contributed by atoms with Gasteiger partial charge in [0.05, 0.1) is 23.2 Å². The van der Waals surface area contributed by atoms with E-state index in [1.54, 1.807) is 10.7 Å². The third-order valence-corrected chi connectivity index (χ3v) is 6.98. The number of sulfone groups is 1. The molecule has 3 aromatic rings. The molecular weight excluding hydrogens is 400 g/mol. The first-order valence-electron chi connectivity index (χ1n) is 9.76. The number of amides is 1. The molecular formula is C22H24N4O3S. The van der Waals surface area contributed by atoms with Gasteiger partial charge in [-0.15, -0.1) is 0 Å². The standard InChI is InChI=1S/C22H24N4O3S/c1-25(2)18-10-8-17(9-11-18)23-22(27)20-14-21(16-6-4-3-5-7-16)26(24-20)19-12-13-30(28,29)15-19/h3-11,14,19H,12-13,15H2,1-2H3,(H,23,27)/t19-/m1/s1. The lowest BCUT2D eigenvalue weighted by Gasteiger charge is -2.13. The fraction of sp³-hybridized carbons (Fsp3) is 0.273. The van der Waals surface area contributed by atoms with Crippen molar-refractivity contribution in [3.63, 3.8) is 0 Å². The van der Waals surface area contributed by atoms with E-state index in [1.165, 1.54) is 0 Å². The molecule has 1 N–H and O–H groups in total. The molecule has 0 bridgehead atoms. The maximum Gasteiger partial charge on any atom is 0.276 e. The topological polar surface area (TPSA) is 84.3 Å². The molecule has 2 heterocycles. The third kappa shape index (κ3) is 4.23. The maximum atomic E-state index is 12.9. The molecule has 1 amide bonds. The largest absolute Gasteiger partial charge is 0.378 e. The molecule has 4 rings (SSSR count). The summed E-state index contributed by atoms with van der Waals surface area (Å²) in [5, 5.41) is 7.38. The van der Waals surface area contributed by atoms with E-state index in [2.05, 4.69) is 10.4 Å². The van der Waals surface area contributed by atoms with Crippen molar-refractivity contribution >= 4 is 27.1 Å². The summed E-state index contributed by atoms with van der Waals surface area (Å²) in [5.41, 5.74) is 3.60. The first-order valence-corrected chi connectivity index (χ1v) is 11.6. The Balaban J connectivity index is 1.64. The predicted octanol–water partition coefficient (Wildman–Crippen LogP) is 3.23. The second-order valence-corrected chi connectivity index (χ2v) is 9.91. The molecule has 30 heavy (non-hydrogen) atoms. The van der Waals surface area contributed by atoms with E-state index < -0.39 is 9.84 Å². The highest BCUT2D eigenvalue weighted by Crippen LogP contribution is 2.30. The maximum absolute atomic E-state index is 12.9. The van der Waals surface area contributed by atoms with Crippen molar-refractivity contribution in [2.24, 2.45) is 0 Å². The Kier molecular flexibility index (Phi) is 5.34. The lowest BCUT2D eigenvalue weighted by Crippen LogP contribution is -2.16. The summed E-state index contributed by atoms with van der Waals surface area (Å²) >= 11 is 0. The van der Waals surface area contributed by atoms with Crippen molar-refractivity contribution in [3.8, 4) is 11.3 Å². The van der Waals surface area contributed by atoms with Gasteiger partial charge >= 0.3 is 0 Å². The molecule has 1 fully saturated rings. The number of hydrogen-bond donors (Lipinski definition) is 1. The molecule has 0 unspecified atom stereocenters. The van der Waals surface area contributed by atoms with Crippen LogP contribution in [0.5, 0.6) is 0 Å². The van der Waals surface area contributed by atoms with Gasteiger partial charge in [-0.3, -0.25) is 9.48 Å². The molecule has 1 aromatic heterocycles. The zero-order chi connectivity index (χ0) is 21.3. The monoisotopic (exact) mass is 424 g/mol. The van der Waals surface area contributed by atoms with Crippen molar-refractivity contribution in [2.45, 2.75) is 12.5 Å². The van der Waals surface area contributed by atoms with Crippen LogP contribution in [0.3, 0.4) is 0 Å². The average molecular weight is 425 g/mol. The lowest BCUT2D eigenvalue weighted by molar-refractivity contribution is 0.102. The highest BCUT2D eigenvalue weighted by molar-refractivity contribution is 7.91. The van der Waals surface area contributed by atoms with Gasteiger partial charge in [-0.25, -0.2) is 8.42 Å². The summed E-state index contributed by atoms with van der Waals surface area (Å²) in [4.78, 5) is 14.8. The minimum atomic E-state index is -3.08. The van der Waals surface area contributed by atoms with Crippen LogP contribution in [0.25, 0.3) is 11.3 Å². The van der Waals surface area contributed by atoms with E-state index in [9.17, 15) is 13.2 Å². The van der Waals surface area contributed by atoms with E-state index >= 15 is 0 Å². The third-order valence-electron chi connectivity index (χ3n) is 5.23. The molecule has 2 aromatic carbocycles. The fourth-order valence-corrected chi connectivity index (χ4v) is 5.31. The van der Waals surface area contributed by atoms with Crippen LogP contribution in [0.2, 0.25) is 0 Å². The van der Waals surface area contributed by atoms with E-state index in [0.717, 1.165) is 16.9 Å². The van der Waals surface area contributed by atoms with Gasteiger partial charge in [0, 0.05) is 25.5 Å². The minimum absolute atomic E-state index is 0.0432. The molecule has 8 heteroatoms. The second kappa shape index (κ2) is 7.95. The van der Waals surface area contributed by atoms with Gasteiger partial charge in [0.2, 0.25) is 0 Å². The lowest BCUT2D eigenvalue weighted by atomic mass is 10.1. The minimum Gasteiger partial charge on any atom is -0.378 e. The van der Waals surface area contributed by atoms with Crippen molar-refractivity contribution in [1.29, 1.82) is 0 Å². The number of aromatic nitrogens is 2. The summed E-state index contributed by atoms with van der Waals surface area (Å²) in [6, 6.07) is 18.6. The van der Waals surface area contributed by atoms with Gasteiger partial charge in [-0.1, -0.05) is 30.3 Å². The number of nitrogens with one attached hydrogen (secondary N) is 1. The van der Waals surface area contributed by atoms with E-state index in [0.29, 0.717) is 12.1 Å². The molecule has 0 aliphatic carbocycles. The molecule has 0 spiro atoms. The molecule has 1 saturated heterocycles. The molecule has 1 aliphatic rings. The van der Waals surface area contributed by atoms with E-state index in [-0.39, 0.29) is 29.1 Å². The Hall–Kier alpha value is -3.13. The van der Waals surface area contributed by atoms with E-state index in [1.807, 2.05) is 73.6 Å². The van der Waals surface area contributed by atoms with Gasteiger partial charge in [0.25, 0.3) is 5.91 Å². The van der Waals surface area contributed by atoms with Crippen molar-refractivity contribution in [3.05, 3.63) is 66.4 Å². The summed E-state index contributed by atoms with van der Waals surface area (Å²) in [6.45, 7) is 0.